The smallest absolute Gasteiger partial charge is 0.227 e. The predicted molar refractivity (Wildman–Crippen MR) is 78.0 cm³/mol. The quantitative estimate of drug-likeness (QED) is 0.908. The van der Waals surface area contributed by atoms with E-state index in [2.05, 4.69) is 0 Å². The van der Waals surface area contributed by atoms with E-state index in [1.54, 1.807) is 11.9 Å². The standard InChI is InChI=1S/C16H20N2O2/c1-12-3-8-15(20-12)11-18(2)16(19)9-13-4-6-14(10-17)7-5-13/h3-8H,9-11,17H2,1-2H3. The molecule has 0 fully saturated rings. The molecular formula is C16H20N2O2. The summed E-state index contributed by atoms with van der Waals surface area (Å²) in [6.07, 6.45) is 0.390. The van der Waals surface area contributed by atoms with E-state index in [-0.39, 0.29) is 5.91 Å². The first kappa shape index (κ1) is 14.3. The molecule has 1 amide bonds. The van der Waals surface area contributed by atoms with Crippen LogP contribution in [0.25, 0.3) is 0 Å². The highest BCUT2D eigenvalue weighted by Gasteiger charge is 2.11. The van der Waals surface area contributed by atoms with Crippen LogP contribution < -0.4 is 5.73 Å². The molecule has 0 bridgehead atoms. The number of likely N-dealkylation sites (N-methyl/N-ethyl adjacent to an activating group) is 1. The van der Waals surface area contributed by atoms with E-state index in [1.807, 2.05) is 43.3 Å². The first-order valence-corrected chi connectivity index (χ1v) is 6.65. The van der Waals surface area contributed by atoms with Crippen LogP contribution in [0.1, 0.15) is 22.6 Å². The number of nitrogens with two attached hydrogens (primary N) is 1. The van der Waals surface area contributed by atoms with E-state index < -0.39 is 0 Å². The Kier molecular flexibility index (Phi) is 4.58. The Balaban J connectivity index is 1.93. The fourth-order valence-electron chi connectivity index (χ4n) is 1.99. The molecule has 1 aromatic carbocycles. The van der Waals surface area contributed by atoms with Gasteiger partial charge in [0.15, 0.2) is 0 Å². The third-order valence-corrected chi connectivity index (χ3v) is 3.23. The number of hydrogen-bond acceptors (Lipinski definition) is 3. The van der Waals surface area contributed by atoms with Gasteiger partial charge in [-0.25, -0.2) is 0 Å². The van der Waals surface area contributed by atoms with Crippen molar-refractivity contribution in [3.63, 3.8) is 0 Å². The fraction of sp³-hybridized carbons (Fsp3) is 0.312. The van der Waals surface area contributed by atoms with Crippen LogP contribution in [0.4, 0.5) is 0 Å². The zero-order chi connectivity index (χ0) is 14.5. The molecule has 0 unspecified atom stereocenters. The van der Waals surface area contributed by atoms with Gasteiger partial charge in [0, 0.05) is 13.6 Å². The molecule has 4 nitrogen and oxygen atoms in total. The molecule has 0 aliphatic rings. The van der Waals surface area contributed by atoms with Gasteiger partial charge in [-0.05, 0) is 30.2 Å². The zero-order valence-corrected chi connectivity index (χ0v) is 11.9. The van der Waals surface area contributed by atoms with Crippen molar-refractivity contribution in [2.45, 2.75) is 26.4 Å². The van der Waals surface area contributed by atoms with Crippen LogP contribution in [-0.2, 0) is 24.3 Å². The Morgan fingerprint density at radius 3 is 2.35 bits per heavy atom. The second-order valence-electron chi connectivity index (χ2n) is 4.96. The maximum absolute atomic E-state index is 12.1. The molecular weight excluding hydrogens is 252 g/mol. The van der Waals surface area contributed by atoms with Crippen LogP contribution >= 0.6 is 0 Å². The molecule has 106 valence electrons. The Hall–Kier alpha value is -2.07. The summed E-state index contributed by atoms with van der Waals surface area (Å²) in [6.45, 7) is 2.91. The Morgan fingerprint density at radius 2 is 1.80 bits per heavy atom. The molecule has 0 aliphatic carbocycles. The van der Waals surface area contributed by atoms with E-state index in [1.165, 1.54) is 0 Å². The lowest BCUT2D eigenvalue weighted by molar-refractivity contribution is -0.129. The maximum Gasteiger partial charge on any atom is 0.227 e. The van der Waals surface area contributed by atoms with Crippen molar-refractivity contribution >= 4 is 5.91 Å². The number of hydrogen-bond donors (Lipinski definition) is 1. The molecule has 0 atom stereocenters. The molecule has 0 saturated carbocycles. The Morgan fingerprint density at radius 1 is 1.15 bits per heavy atom. The average molecular weight is 272 g/mol. The van der Waals surface area contributed by atoms with Crippen LogP contribution in [0.5, 0.6) is 0 Å². The van der Waals surface area contributed by atoms with Gasteiger partial charge in [-0.15, -0.1) is 0 Å². The largest absolute Gasteiger partial charge is 0.464 e. The summed E-state index contributed by atoms with van der Waals surface area (Å²) in [5, 5.41) is 0. The highest BCUT2D eigenvalue weighted by molar-refractivity contribution is 5.78. The SMILES string of the molecule is Cc1ccc(CN(C)C(=O)Cc2ccc(CN)cc2)o1. The highest BCUT2D eigenvalue weighted by atomic mass is 16.3. The summed E-state index contributed by atoms with van der Waals surface area (Å²) in [6, 6.07) is 11.6. The normalized spacial score (nSPS) is 10.6. The predicted octanol–water partition coefficient (Wildman–Crippen LogP) is 2.25. The molecule has 20 heavy (non-hydrogen) atoms. The van der Waals surface area contributed by atoms with E-state index in [0.29, 0.717) is 19.5 Å². The average Bonchev–Trinajstić information content (AvgIpc) is 2.85. The molecule has 4 heteroatoms. The molecule has 0 saturated heterocycles. The van der Waals surface area contributed by atoms with Crippen molar-refractivity contribution in [1.29, 1.82) is 0 Å². The third kappa shape index (κ3) is 3.71. The molecule has 1 heterocycles. The summed E-state index contributed by atoms with van der Waals surface area (Å²) in [5.41, 5.74) is 7.62. The molecule has 0 aliphatic heterocycles. The number of furan rings is 1. The summed E-state index contributed by atoms with van der Waals surface area (Å²) in [4.78, 5) is 13.8. The van der Waals surface area contributed by atoms with E-state index in [9.17, 15) is 4.79 Å². The van der Waals surface area contributed by atoms with Gasteiger partial charge in [-0.1, -0.05) is 24.3 Å². The fourth-order valence-corrected chi connectivity index (χ4v) is 1.99. The maximum atomic E-state index is 12.1. The third-order valence-electron chi connectivity index (χ3n) is 3.23. The lowest BCUT2D eigenvalue weighted by Crippen LogP contribution is -2.27. The molecule has 0 spiro atoms. The zero-order valence-electron chi connectivity index (χ0n) is 11.9. The highest BCUT2D eigenvalue weighted by Crippen LogP contribution is 2.11. The number of nitrogens with zero attached hydrogens (tertiary/aromatic N) is 1. The topological polar surface area (TPSA) is 59.5 Å². The number of benzene rings is 1. The van der Waals surface area contributed by atoms with E-state index in [0.717, 1.165) is 22.6 Å². The second-order valence-corrected chi connectivity index (χ2v) is 4.96. The summed E-state index contributed by atoms with van der Waals surface area (Å²) in [7, 11) is 1.79. The number of carbonyl (C=O) groups excluding carboxylic acids is 1. The van der Waals surface area contributed by atoms with Gasteiger partial charge in [0.2, 0.25) is 5.91 Å². The lowest BCUT2D eigenvalue weighted by atomic mass is 10.1. The summed E-state index contributed by atoms with van der Waals surface area (Å²) >= 11 is 0. The van der Waals surface area contributed by atoms with Crippen LogP contribution in [0.2, 0.25) is 0 Å². The molecule has 0 radical (unpaired) electrons. The Bertz CT molecular complexity index is 572. The first-order valence-electron chi connectivity index (χ1n) is 6.65. The minimum Gasteiger partial charge on any atom is -0.464 e. The minimum atomic E-state index is 0.0690. The van der Waals surface area contributed by atoms with Gasteiger partial charge in [-0.2, -0.15) is 0 Å². The van der Waals surface area contributed by atoms with E-state index in [4.69, 9.17) is 10.2 Å². The number of rotatable bonds is 5. The molecule has 2 aromatic rings. The van der Waals surface area contributed by atoms with Crippen LogP contribution in [0.3, 0.4) is 0 Å². The van der Waals surface area contributed by atoms with Crippen LogP contribution in [0.15, 0.2) is 40.8 Å². The lowest BCUT2D eigenvalue weighted by Gasteiger charge is -2.15. The van der Waals surface area contributed by atoms with E-state index >= 15 is 0 Å². The van der Waals surface area contributed by atoms with Crippen LogP contribution in [-0.4, -0.2) is 17.9 Å². The van der Waals surface area contributed by atoms with Crippen molar-refractivity contribution in [2.24, 2.45) is 5.73 Å². The summed E-state index contributed by atoms with van der Waals surface area (Å²) in [5.74, 6) is 1.73. The van der Waals surface area contributed by atoms with Crippen LogP contribution in [0, 0.1) is 6.92 Å². The van der Waals surface area contributed by atoms with Gasteiger partial charge in [0.1, 0.15) is 11.5 Å². The number of carbonyl (C=O) groups is 1. The Labute approximate surface area is 119 Å². The summed E-state index contributed by atoms with van der Waals surface area (Å²) < 4.78 is 5.48. The molecule has 2 rings (SSSR count). The number of amides is 1. The van der Waals surface area contributed by atoms with Gasteiger partial charge in [0.05, 0.1) is 13.0 Å². The van der Waals surface area contributed by atoms with Crippen molar-refractivity contribution in [2.75, 3.05) is 7.05 Å². The van der Waals surface area contributed by atoms with Gasteiger partial charge >= 0.3 is 0 Å². The number of aryl methyl sites for hydroxylation is 1. The molecule has 2 N–H and O–H groups in total. The van der Waals surface area contributed by atoms with Gasteiger partial charge in [0.25, 0.3) is 0 Å². The monoisotopic (exact) mass is 272 g/mol. The van der Waals surface area contributed by atoms with Crippen molar-refractivity contribution in [3.05, 3.63) is 59.0 Å². The second kappa shape index (κ2) is 6.39. The van der Waals surface area contributed by atoms with Gasteiger partial charge < -0.3 is 15.1 Å². The van der Waals surface area contributed by atoms with Crippen molar-refractivity contribution < 1.29 is 9.21 Å². The van der Waals surface area contributed by atoms with Crippen molar-refractivity contribution in [3.8, 4) is 0 Å². The molecule has 1 aromatic heterocycles. The first-order chi connectivity index (χ1) is 9.58. The van der Waals surface area contributed by atoms with Crippen molar-refractivity contribution in [1.82, 2.24) is 4.90 Å². The minimum absolute atomic E-state index is 0.0690. The van der Waals surface area contributed by atoms with Gasteiger partial charge in [-0.3, -0.25) is 4.79 Å².